The molecule has 2 rings (SSSR count). The Morgan fingerprint density at radius 1 is 1.45 bits per heavy atom. The van der Waals surface area contributed by atoms with E-state index in [1.165, 1.54) is 0 Å². The third kappa shape index (κ3) is 3.85. The van der Waals surface area contributed by atoms with Gasteiger partial charge in [0.1, 0.15) is 0 Å². The minimum atomic E-state index is -0.0795. The number of nitrogens with zero attached hydrogens (tertiary/aromatic N) is 1. The number of rotatable bonds is 3. The molecule has 0 spiro atoms. The van der Waals surface area contributed by atoms with Crippen LogP contribution in [0.25, 0.3) is 0 Å². The summed E-state index contributed by atoms with van der Waals surface area (Å²) in [4.78, 5) is 14.3. The zero-order valence-corrected chi connectivity index (χ0v) is 13.2. The Balaban J connectivity index is 2.00. The molecule has 0 radical (unpaired) electrons. The molecular weight excluding hydrogens is 297 g/mol. The van der Waals surface area contributed by atoms with Crippen LogP contribution in [0.5, 0.6) is 0 Å². The van der Waals surface area contributed by atoms with Crippen LogP contribution in [0.3, 0.4) is 0 Å². The number of carbonyl (C=O) groups excluding carboxylic acids is 1. The van der Waals surface area contributed by atoms with Crippen molar-refractivity contribution in [3.63, 3.8) is 0 Å². The van der Waals surface area contributed by atoms with E-state index in [1.54, 1.807) is 18.2 Å². The summed E-state index contributed by atoms with van der Waals surface area (Å²) in [5.41, 5.74) is 0.519. The maximum absolute atomic E-state index is 12.2. The van der Waals surface area contributed by atoms with Crippen molar-refractivity contribution in [1.82, 2.24) is 10.2 Å². The van der Waals surface area contributed by atoms with Crippen molar-refractivity contribution in [2.45, 2.75) is 19.4 Å². The highest BCUT2D eigenvalue weighted by Gasteiger charge is 2.30. The van der Waals surface area contributed by atoms with Crippen molar-refractivity contribution >= 4 is 34.8 Å². The quantitative estimate of drug-likeness (QED) is 0.901. The van der Waals surface area contributed by atoms with Crippen LogP contribution in [0.15, 0.2) is 18.2 Å². The van der Waals surface area contributed by atoms with Gasteiger partial charge in [0.15, 0.2) is 0 Å². The Kier molecular flexibility index (Phi) is 4.91. The van der Waals surface area contributed by atoms with Crippen molar-refractivity contribution in [2.24, 2.45) is 0 Å². The van der Waals surface area contributed by atoms with Gasteiger partial charge in [-0.05, 0) is 32.0 Å². The van der Waals surface area contributed by atoms with E-state index in [4.69, 9.17) is 23.2 Å². The van der Waals surface area contributed by atoms with E-state index in [2.05, 4.69) is 29.4 Å². The molecule has 0 atom stereocenters. The van der Waals surface area contributed by atoms with E-state index in [0.29, 0.717) is 22.3 Å². The first-order valence-corrected chi connectivity index (χ1v) is 7.35. The topological polar surface area (TPSA) is 44.4 Å². The van der Waals surface area contributed by atoms with Crippen LogP contribution in [-0.4, -0.2) is 42.5 Å². The number of hydrogen-bond acceptors (Lipinski definition) is 3. The van der Waals surface area contributed by atoms with Crippen LogP contribution in [0.2, 0.25) is 10.0 Å². The molecule has 1 amide bonds. The number of anilines is 1. The van der Waals surface area contributed by atoms with E-state index in [9.17, 15) is 4.79 Å². The molecule has 0 unspecified atom stereocenters. The zero-order valence-electron chi connectivity index (χ0n) is 11.7. The van der Waals surface area contributed by atoms with Crippen LogP contribution in [0.1, 0.15) is 13.8 Å². The molecule has 0 bridgehead atoms. The Morgan fingerprint density at radius 3 is 2.90 bits per heavy atom. The smallest absolute Gasteiger partial charge is 0.238 e. The van der Waals surface area contributed by atoms with Gasteiger partial charge in [0, 0.05) is 30.2 Å². The lowest BCUT2D eigenvalue weighted by Crippen LogP contribution is -2.59. The van der Waals surface area contributed by atoms with Crippen LogP contribution in [0, 0.1) is 0 Å². The van der Waals surface area contributed by atoms with Crippen LogP contribution < -0.4 is 10.6 Å². The third-order valence-corrected chi connectivity index (χ3v) is 4.07. The molecule has 4 nitrogen and oxygen atoms in total. The first-order chi connectivity index (χ1) is 9.38. The van der Waals surface area contributed by atoms with Crippen molar-refractivity contribution < 1.29 is 4.79 Å². The number of piperazine rings is 1. The number of amides is 1. The summed E-state index contributed by atoms with van der Waals surface area (Å²) >= 11 is 12.0. The lowest BCUT2D eigenvalue weighted by atomic mass is 10.0. The van der Waals surface area contributed by atoms with Gasteiger partial charge >= 0.3 is 0 Å². The summed E-state index contributed by atoms with van der Waals surface area (Å²) < 4.78 is 0. The van der Waals surface area contributed by atoms with Gasteiger partial charge in [-0.25, -0.2) is 0 Å². The van der Waals surface area contributed by atoms with Crippen LogP contribution >= 0.6 is 23.2 Å². The first kappa shape index (κ1) is 15.6. The van der Waals surface area contributed by atoms with E-state index >= 15 is 0 Å². The molecule has 1 aromatic rings. The lowest BCUT2D eigenvalue weighted by molar-refractivity contribution is -0.119. The molecule has 1 aromatic carbocycles. The molecule has 1 aliphatic rings. The Labute approximate surface area is 129 Å². The second kappa shape index (κ2) is 6.31. The average Bonchev–Trinajstić information content (AvgIpc) is 2.36. The van der Waals surface area contributed by atoms with Gasteiger partial charge in [-0.15, -0.1) is 0 Å². The number of halogens is 2. The molecule has 0 aromatic heterocycles. The number of carbonyl (C=O) groups is 1. The van der Waals surface area contributed by atoms with Crippen molar-refractivity contribution in [1.29, 1.82) is 0 Å². The highest BCUT2D eigenvalue weighted by Crippen LogP contribution is 2.25. The monoisotopic (exact) mass is 315 g/mol. The maximum atomic E-state index is 12.2. The lowest BCUT2D eigenvalue weighted by Gasteiger charge is -2.42. The SMILES string of the molecule is CC1(C)CNCCN1CC(=O)Nc1cc(Cl)ccc1Cl. The standard InChI is InChI=1S/C14H19Cl2N3O/c1-14(2)9-17-5-6-19(14)8-13(20)18-12-7-10(15)3-4-11(12)16/h3-4,7,17H,5-6,8-9H2,1-2H3,(H,18,20). The highest BCUT2D eigenvalue weighted by molar-refractivity contribution is 6.35. The molecule has 20 heavy (non-hydrogen) atoms. The summed E-state index contributed by atoms with van der Waals surface area (Å²) in [5.74, 6) is -0.0795. The fourth-order valence-corrected chi connectivity index (χ4v) is 2.61. The Morgan fingerprint density at radius 2 is 2.20 bits per heavy atom. The molecule has 6 heteroatoms. The fraction of sp³-hybridized carbons (Fsp3) is 0.500. The summed E-state index contributed by atoms with van der Waals surface area (Å²) in [5, 5.41) is 7.19. The number of nitrogens with one attached hydrogen (secondary N) is 2. The molecule has 1 saturated heterocycles. The van der Waals surface area contributed by atoms with Gasteiger partial charge in [-0.1, -0.05) is 23.2 Å². The molecule has 0 aliphatic carbocycles. The van der Waals surface area contributed by atoms with E-state index in [1.807, 2.05) is 0 Å². The van der Waals surface area contributed by atoms with Gasteiger partial charge < -0.3 is 10.6 Å². The minimum absolute atomic E-state index is 0.0340. The van der Waals surface area contributed by atoms with Gasteiger partial charge in [0.25, 0.3) is 0 Å². The third-order valence-electron chi connectivity index (χ3n) is 3.51. The van der Waals surface area contributed by atoms with Gasteiger partial charge in [-0.3, -0.25) is 9.69 Å². The highest BCUT2D eigenvalue weighted by atomic mass is 35.5. The maximum Gasteiger partial charge on any atom is 0.238 e. The predicted octanol–water partition coefficient (Wildman–Crippen LogP) is 2.62. The van der Waals surface area contributed by atoms with E-state index in [-0.39, 0.29) is 11.4 Å². The zero-order chi connectivity index (χ0) is 14.8. The summed E-state index contributed by atoms with van der Waals surface area (Å²) in [6.07, 6.45) is 0. The van der Waals surface area contributed by atoms with Crippen molar-refractivity contribution in [3.8, 4) is 0 Å². The second-order valence-electron chi connectivity index (χ2n) is 5.58. The van der Waals surface area contributed by atoms with E-state index in [0.717, 1.165) is 19.6 Å². The summed E-state index contributed by atoms with van der Waals surface area (Å²) in [6, 6.07) is 5.03. The normalized spacial score (nSPS) is 18.8. The van der Waals surface area contributed by atoms with Gasteiger partial charge in [-0.2, -0.15) is 0 Å². The van der Waals surface area contributed by atoms with Crippen molar-refractivity contribution in [2.75, 3.05) is 31.5 Å². The predicted molar refractivity (Wildman–Crippen MR) is 83.6 cm³/mol. The van der Waals surface area contributed by atoms with E-state index < -0.39 is 0 Å². The molecule has 1 fully saturated rings. The molecule has 1 heterocycles. The minimum Gasteiger partial charge on any atom is -0.324 e. The largest absolute Gasteiger partial charge is 0.324 e. The summed E-state index contributed by atoms with van der Waals surface area (Å²) in [7, 11) is 0. The molecule has 0 saturated carbocycles. The number of hydrogen-bond donors (Lipinski definition) is 2. The molecule has 2 N–H and O–H groups in total. The van der Waals surface area contributed by atoms with Gasteiger partial charge in [0.05, 0.1) is 17.3 Å². The Hall–Kier alpha value is -0.810. The molecule has 110 valence electrons. The molecular formula is C14H19Cl2N3O. The fourth-order valence-electron chi connectivity index (χ4n) is 2.27. The van der Waals surface area contributed by atoms with Crippen molar-refractivity contribution in [3.05, 3.63) is 28.2 Å². The number of benzene rings is 1. The van der Waals surface area contributed by atoms with Crippen LogP contribution in [0.4, 0.5) is 5.69 Å². The first-order valence-electron chi connectivity index (χ1n) is 6.59. The van der Waals surface area contributed by atoms with Gasteiger partial charge in [0.2, 0.25) is 5.91 Å². The summed E-state index contributed by atoms with van der Waals surface area (Å²) in [6.45, 7) is 7.21. The Bertz CT molecular complexity index is 505. The van der Waals surface area contributed by atoms with Crippen LogP contribution in [-0.2, 0) is 4.79 Å². The second-order valence-corrected chi connectivity index (χ2v) is 6.43. The molecule has 1 aliphatic heterocycles. The average molecular weight is 316 g/mol.